The van der Waals surface area contributed by atoms with Crippen LogP contribution in [0, 0.1) is 23.1 Å². The number of likely N-dealkylation sites (tertiary alicyclic amines) is 1. The summed E-state index contributed by atoms with van der Waals surface area (Å²) in [4.78, 5) is 71.0. The second-order valence-electron chi connectivity index (χ2n) is 16.1. The predicted octanol–water partition coefficient (Wildman–Crippen LogP) is 3.10. The standard InChI is InChI=1S/C35H48FN5O9S/c1-9-21-15-35(21,30(44)39-51(47,48)22-13-14-22)38-28(42)26-19(2)25(49-32(46)40-16-20-11-10-12-24(36)23(20)17-40)18-41(26)29(43)27(33(3,4)5)37-31(45)50-34(6,7)8/h9-12,19,21-22,25-27H,1,13-18H2,2-8H3,(H,37,45)(H,38,42)(H,39,44)/t19-,21-,25+,26+,27+,35-/m1/s1. The molecule has 1 saturated heterocycles. The third-order valence-corrected chi connectivity index (χ3v) is 11.6. The normalized spacial score (nSPS) is 26.4. The Morgan fingerprint density at radius 2 is 1.75 bits per heavy atom. The van der Waals surface area contributed by atoms with Gasteiger partial charge in [0.25, 0.3) is 5.91 Å². The maximum absolute atomic E-state index is 14.4. The average molecular weight is 734 g/mol. The van der Waals surface area contributed by atoms with E-state index in [9.17, 15) is 36.8 Å². The number of fused-ring (bicyclic) bond motifs is 1. The van der Waals surface area contributed by atoms with Gasteiger partial charge in [0.1, 0.15) is 35.1 Å². The minimum Gasteiger partial charge on any atom is -0.444 e. The summed E-state index contributed by atoms with van der Waals surface area (Å²) in [5.74, 6) is -4.22. The summed E-state index contributed by atoms with van der Waals surface area (Å²) >= 11 is 0. The Labute approximate surface area is 297 Å². The van der Waals surface area contributed by atoms with Crippen molar-refractivity contribution in [3.8, 4) is 0 Å². The molecule has 0 unspecified atom stereocenters. The van der Waals surface area contributed by atoms with Crippen molar-refractivity contribution in [2.45, 2.75) is 115 Å². The summed E-state index contributed by atoms with van der Waals surface area (Å²) < 4.78 is 53.2. The quantitative estimate of drug-likeness (QED) is 0.322. The van der Waals surface area contributed by atoms with E-state index in [1.165, 1.54) is 21.9 Å². The summed E-state index contributed by atoms with van der Waals surface area (Å²) in [7, 11) is -3.94. The van der Waals surface area contributed by atoms with Gasteiger partial charge in [0.15, 0.2) is 0 Å². The van der Waals surface area contributed by atoms with Gasteiger partial charge in [0, 0.05) is 23.9 Å². The van der Waals surface area contributed by atoms with Gasteiger partial charge in [-0.2, -0.15) is 0 Å². The number of alkyl carbamates (subject to hydrolysis) is 1. The smallest absolute Gasteiger partial charge is 0.410 e. The Hall–Kier alpha value is -4.21. The van der Waals surface area contributed by atoms with Crippen molar-refractivity contribution in [3.05, 3.63) is 47.8 Å². The number of hydrogen-bond acceptors (Lipinski definition) is 9. The number of carbonyl (C=O) groups excluding carboxylic acids is 5. The first-order valence-corrected chi connectivity index (χ1v) is 18.6. The van der Waals surface area contributed by atoms with Crippen LogP contribution in [0.5, 0.6) is 0 Å². The molecule has 2 saturated carbocycles. The van der Waals surface area contributed by atoms with Gasteiger partial charge in [-0.15, -0.1) is 6.58 Å². The zero-order valence-electron chi connectivity index (χ0n) is 30.1. The van der Waals surface area contributed by atoms with Crippen molar-refractivity contribution < 1.29 is 46.3 Å². The van der Waals surface area contributed by atoms with Gasteiger partial charge < -0.3 is 25.0 Å². The summed E-state index contributed by atoms with van der Waals surface area (Å²) in [5, 5.41) is 4.68. The molecule has 6 atom stereocenters. The molecule has 0 bridgehead atoms. The number of nitrogens with zero attached hydrogens (tertiary/aromatic N) is 2. The van der Waals surface area contributed by atoms with Crippen LogP contribution in [0.3, 0.4) is 0 Å². The summed E-state index contributed by atoms with van der Waals surface area (Å²) in [5.41, 5.74) is -2.38. The molecule has 1 aromatic carbocycles. The van der Waals surface area contributed by atoms with Gasteiger partial charge in [0.2, 0.25) is 21.8 Å². The van der Waals surface area contributed by atoms with E-state index >= 15 is 0 Å². The average Bonchev–Trinajstić information content (AvgIpc) is 3.91. The second-order valence-corrected chi connectivity index (χ2v) is 18.0. The molecule has 0 aromatic heterocycles. The monoisotopic (exact) mass is 733 g/mol. The van der Waals surface area contributed by atoms with Gasteiger partial charge in [0.05, 0.1) is 18.3 Å². The maximum atomic E-state index is 14.4. The van der Waals surface area contributed by atoms with E-state index in [1.807, 2.05) is 0 Å². The lowest BCUT2D eigenvalue weighted by Crippen LogP contribution is -2.61. The summed E-state index contributed by atoms with van der Waals surface area (Å²) in [6.45, 7) is 15.4. The van der Waals surface area contributed by atoms with Crippen LogP contribution in [0.4, 0.5) is 14.0 Å². The number of benzene rings is 1. The minimum atomic E-state index is -3.94. The van der Waals surface area contributed by atoms with E-state index in [4.69, 9.17) is 9.47 Å². The predicted molar refractivity (Wildman–Crippen MR) is 182 cm³/mol. The highest BCUT2D eigenvalue weighted by Gasteiger charge is 2.62. The molecule has 14 nitrogen and oxygen atoms in total. The van der Waals surface area contributed by atoms with Gasteiger partial charge in [-0.1, -0.05) is 45.9 Å². The van der Waals surface area contributed by atoms with E-state index in [0.717, 1.165) is 0 Å². The molecular formula is C35H48FN5O9S. The Morgan fingerprint density at radius 3 is 2.29 bits per heavy atom. The molecule has 3 fully saturated rings. The largest absolute Gasteiger partial charge is 0.444 e. The number of hydrogen-bond donors (Lipinski definition) is 3. The number of halogens is 1. The van der Waals surface area contributed by atoms with E-state index < -0.39 is 97.6 Å². The number of carbonyl (C=O) groups is 5. The van der Waals surface area contributed by atoms with Crippen molar-refractivity contribution >= 4 is 39.9 Å². The Kier molecular flexibility index (Phi) is 9.99. The van der Waals surface area contributed by atoms with Gasteiger partial charge in [-0.3, -0.25) is 24.0 Å². The number of sulfonamides is 1. The highest BCUT2D eigenvalue weighted by molar-refractivity contribution is 7.91. The van der Waals surface area contributed by atoms with Crippen LogP contribution in [-0.2, 0) is 47.0 Å². The van der Waals surface area contributed by atoms with Crippen LogP contribution in [0.15, 0.2) is 30.9 Å². The molecule has 3 N–H and O–H groups in total. The number of amides is 5. The fraction of sp³-hybridized carbons (Fsp3) is 0.629. The minimum absolute atomic E-state index is 0.0231. The number of rotatable bonds is 9. The molecule has 2 aliphatic heterocycles. The van der Waals surface area contributed by atoms with Crippen LogP contribution < -0.4 is 15.4 Å². The molecule has 2 aliphatic carbocycles. The molecule has 4 aliphatic rings. The van der Waals surface area contributed by atoms with Gasteiger partial charge >= 0.3 is 12.2 Å². The first kappa shape index (κ1) is 38.0. The molecule has 51 heavy (non-hydrogen) atoms. The van der Waals surface area contributed by atoms with Crippen LogP contribution in [0.25, 0.3) is 0 Å². The topological polar surface area (TPSA) is 181 Å². The molecule has 5 rings (SSSR count). The summed E-state index contributed by atoms with van der Waals surface area (Å²) in [6.07, 6.45) is -0.270. The summed E-state index contributed by atoms with van der Waals surface area (Å²) in [6, 6.07) is 2.05. The molecule has 0 spiro atoms. The van der Waals surface area contributed by atoms with Crippen LogP contribution >= 0.6 is 0 Å². The third kappa shape index (κ3) is 8.00. The van der Waals surface area contributed by atoms with Crippen molar-refractivity contribution in [1.82, 2.24) is 25.2 Å². The maximum Gasteiger partial charge on any atom is 0.410 e. The van der Waals surface area contributed by atoms with E-state index in [1.54, 1.807) is 60.6 Å². The molecule has 5 amide bonds. The molecular weight excluding hydrogens is 685 g/mol. The highest BCUT2D eigenvalue weighted by Crippen LogP contribution is 2.46. The number of ether oxygens (including phenoxy) is 2. The van der Waals surface area contributed by atoms with E-state index in [2.05, 4.69) is 21.9 Å². The first-order valence-electron chi connectivity index (χ1n) is 17.1. The van der Waals surface area contributed by atoms with Crippen molar-refractivity contribution in [2.24, 2.45) is 17.3 Å². The third-order valence-electron chi connectivity index (χ3n) is 9.81. The SMILES string of the molecule is C=C[C@@H]1C[C@]1(NC(=O)[C@@H]1[C@H](C)[C@@H](OC(=O)N2Cc3cccc(F)c3C2)CN1C(=O)[C@H](NC(=O)OC(C)(C)C)C(C)(C)C)C(=O)NS(=O)(=O)C1CC1. The second kappa shape index (κ2) is 13.4. The lowest BCUT2D eigenvalue weighted by molar-refractivity contribution is -0.143. The first-order chi connectivity index (χ1) is 23.6. The van der Waals surface area contributed by atoms with Crippen LogP contribution in [-0.4, -0.2) is 89.2 Å². The van der Waals surface area contributed by atoms with Crippen LogP contribution in [0.2, 0.25) is 0 Å². The highest BCUT2D eigenvalue weighted by atomic mass is 32.2. The zero-order valence-corrected chi connectivity index (χ0v) is 30.9. The Morgan fingerprint density at radius 1 is 1.08 bits per heavy atom. The Bertz CT molecular complexity index is 1730. The van der Waals surface area contributed by atoms with Crippen molar-refractivity contribution in [3.63, 3.8) is 0 Å². The molecule has 2 heterocycles. The molecule has 16 heteroatoms. The fourth-order valence-electron chi connectivity index (χ4n) is 6.68. The lowest BCUT2D eigenvalue weighted by Gasteiger charge is -2.36. The molecule has 1 aromatic rings. The Balaban J connectivity index is 1.42. The molecule has 280 valence electrons. The van der Waals surface area contributed by atoms with E-state index in [-0.39, 0.29) is 26.1 Å². The van der Waals surface area contributed by atoms with Gasteiger partial charge in [-0.05, 0) is 57.1 Å². The van der Waals surface area contributed by atoms with E-state index in [0.29, 0.717) is 24.0 Å². The van der Waals surface area contributed by atoms with Crippen molar-refractivity contribution in [1.29, 1.82) is 0 Å². The lowest BCUT2D eigenvalue weighted by atomic mass is 9.85. The van der Waals surface area contributed by atoms with Crippen molar-refractivity contribution in [2.75, 3.05) is 6.54 Å². The molecule has 0 radical (unpaired) electrons. The number of nitrogens with one attached hydrogen (secondary N) is 3. The fourth-order valence-corrected chi connectivity index (χ4v) is 8.04. The van der Waals surface area contributed by atoms with Gasteiger partial charge in [-0.25, -0.2) is 22.4 Å². The van der Waals surface area contributed by atoms with Crippen LogP contribution in [0.1, 0.15) is 78.9 Å². The zero-order chi connectivity index (χ0) is 37.8.